The normalized spacial score (nSPS) is 10.4. The minimum absolute atomic E-state index is 0.0145. The van der Waals surface area contributed by atoms with Crippen LogP contribution in [0.5, 0.6) is 11.5 Å². The molecule has 0 aliphatic rings. The van der Waals surface area contributed by atoms with Gasteiger partial charge in [0.05, 0.1) is 24.1 Å². The van der Waals surface area contributed by atoms with Crippen molar-refractivity contribution < 1.29 is 24.2 Å². The molecule has 0 aliphatic heterocycles. The minimum Gasteiger partial charge on any atom is -0.508 e. The van der Waals surface area contributed by atoms with E-state index in [2.05, 4.69) is 4.98 Å². The van der Waals surface area contributed by atoms with Crippen LogP contribution in [0, 0.1) is 0 Å². The third-order valence-corrected chi connectivity index (χ3v) is 4.68. The van der Waals surface area contributed by atoms with Gasteiger partial charge in [0, 0.05) is 12.3 Å². The van der Waals surface area contributed by atoms with Gasteiger partial charge in [0.2, 0.25) is 5.91 Å². The molecule has 1 heterocycles. The summed E-state index contributed by atoms with van der Waals surface area (Å²) in [7, 11) is 1.53. The number of carbonyl (C=O) groups excluding carboxylic acids is 2. The Kier molecular flexibility index (Phi) is 5.90. The summed E-state index contributed by atoms with van der Waals surface area (Å²) in [5.41, 5.74) is 1.33. The molecule has 7 nitrogen and oxygen atoms in total. The smallest absolute Gasteiger partial charge is 0.338 e. The average Bonchev–Trinajstić information content (AvgIpc) is 3.14. The molecule has 0 radical (unpaired) electrons. The van der Waals surface area contributed by atoms with E-state index in [-0.39, 0.29) is 23.8 Å². The van der Waals surface area contributed by atoms with Crippen LogP contribution in [0.2, 0.25) is 0 Å². The maximum Gasteiger partial charge on any atom is 0.338 e. The first-order valence-electron chi connectivity index (χ1n) is 8.34. The number of thiazole rings is 1. The van der Waals surface area contributed by atoms with Crippen molar-refractivity contribution in [1.82, 2.24) is 4.98 Å². The van der Waals surface area contributed by atoms with Gasteiger partial charge in [0.1, 0.15) is 18.1 Å². The molecule has 0 aliphatic carbocycles. The highest BCUT2D eigenvalue weighted by Crippen LogP contribution is 2.35. The first kappa shape index (κ1) is 19.4. The van der Waals surface area contributed by atoms with Crippen LogP contribution in [0.25, 0.3) is 0 Å². The van der Waals surface area contributed by atoms with E-state index in [0.717, 1.165) is 0 Å². The van der Waals surface area contributed by atoms with Gasteiger partial charge < -0.3 is 14.6 Å². The van der Waals surface area contributed by atoms with Crippen LogP contribution in [-0.4, -0.2) is 29.1 Å². The van der Waals surface area contributed by atoms with Gasteiger partial charge in [-0.15, -0.1) is 11.3 Å². The standard InChI is InChI=1S/C20H18N2O5S/c1-13(23)22(17-8-3-4-9-18(17)26-2)20-21-15(12-28-20)11-27-19(25)14-6-5-7-16(24)10-14/h3-10,12,24H,11H2,1-2H3. The van der Waals surface area contributed by atoms with Crippen LogP contribution in [0.1, 0.15) is 23.0 Å². The molecule has 0 spiro atoms. The Morgan fingerprint density at radius 2 is 1.96 bits per heavy atom. The highest BCUT2D eigenvalue weighted by atomic mass is 32.1. The van der Waals surface area contributed by atoms with Gasteiger partial charge in [-0.1, -0.05) is 18.2 Å². The summed E-state index contributed by atoms with van der Waals surface area (Å²) >= 11 is 1.26. The number of aromatic hydroxyl groups is 1. The molecule has 0 atom stereocenters. The quantitative estimate of drug-likeness (QED) is 0.634. The Balaban J connectivity index is 1.76. The van der Waals surface area contributed by atoms with Crippen LogP contribution in [0.3, 0.4) is 0 Å². The number of hydrogen-bond donors (Lipinski definition) is 1. The Morgan fingerprint density at radius 1 is 1.18 bits per heavy atom. The van der Waals surface area contributed by atoms with E-state index in [1.54, 1.807) is 35.7 Å². The van der Waals surface area contributed by atoms with E-state index in [1.807, 2.05) is 6.07 Å². The van der Waals surface area contributed by atoms with Crippen LogP contribution in [0.4, 0.5) is 10.8 Å². The van der Waals surface area contributed by atoms with Crippen LogP contribution >= 0.6 is 11.3 Å². The molecule has 3 rings (SSSR count). The van der Waals surface area contributed by atoms with Crippen molar-refractivity contribution in [3.63, 3.8) is 0 Å². The molecular weight excluding hydrogens is 380 g/mol. The molecule has 144 valence electrons. The third kappa shape index (κ3) is 4.29. The Morgan fingerprint density at radius 3 is 2.68 bits per heavy atom. The summed E-state index contributed by atoms with van der Waals surface area (Å²) in [6, 6.07) is 13.1. The molecule has 8 heteroatoms. The molecule has 1 amide bonds. The van der Waals surface area contributed by atoms with Crippen molar-refractivity contribution in [2.24, 2.45) is 0 Å². The molecule has 3 aromatic rings. The zero-order chi connectivity index (χ0) is 20.1. The Bertz CT molecular complexity index is 1000. The van der Waals surface area contributed by atoms with Gasteiger partial charge in [-0.3, -0.25) is 9.69 Å². The first-order valence-corrected chi connectivity index (χ1v) is 9.22. The van der Waals surface area contributed by atoms with Gasteiger partial charge in [0.15, 0.2) is 5.13 Å². The fraction of sp³-hybridized carbons (Fsp3) is 0.150. The second kappa shape index (κ2) is 8.53. The number of amides is 1. The van der Waals surface area contributed by atoms with Gasteiger partial charge in [-0.2, -0.15) is 0 Å². The third-order valence-electron chi connectivity index (χ3n) is 3.80. The van der Waals surface area contributed by atoms with E-state index in [1.165, 1.54) is 42.4 Å². The summed E-state index contributed by atoms with van der Waals surface area (Å²) in [5.74, 6) is -0.259. The second-order valence-corrected chi connectivity index (χ2v) is 6.61. The van der Waals surface area contributed by atoms with Crippen molar-refractivity contribution in [2.45, 2.75) is 13.5 Å². The lowest BCUT2D eigenvalue weighted by molar-refractivity contribution is -0.115. The predicted molar refractivity (Wildman–Crippen MR) is 105 cm³/mol. The largest absolute Gasteiger partial charge is 0.508 e. The summed E-state index contributed by atoms with van der Waals surface area (Å²) in [4.78, 5) is 30.2. The number of hydrogen-bond acceptors (Lipinski definition) is 7. The number of methoxy groups -OCH3 is 1. The SMILES string of the molecule is COc1ccccc1N(C(C)=O)c1nc(COC(=O)c2cccc(O)c2)cs1. The van der Waals surface area contributed by atoms with E-state index >= 15 is 0 Å². The topological polar surface area (TPSA) is 89.0 Å². The average molecular weight is 398 g/mol. The summed E-state index contributed by atoms with van der Waals surface area (Å²) < 4.78 is 10.6. The number of para-hydroxylation sites is 2. The van der Waals surface area contributed by atoms with E-state index < -0.39 is 5.97 Å². The molecule has 0 saturated carbocycles. The molecule has 28 heavy (non-hydrogen) atoms. The number of benzene rings is 2. The Labute approximate surface area is 165 Å². The first-order chi connectivity index (χ1) is 13.5. The number of phenols is 1. The van der Waals surface area contributed by atoms with Gasteiger partial charge in [-0.25, -0.2) is 9.78 Å². The van der Waals surface area contributed by atoms with Crippen LogP contribution in [-0.2, 0) is 16.1 Å². The predicted octanol–water partition coefficient (Wildman–Crippen LogP) is 3.90. The molecule has 1 N–H and O–H groups in total. The van der Waals surface area contributed by atoms with E-state index in [9.17, 15) is 14.7 Å². The van der Waals surface area contributed by atoms with Crippen molar-refractivity contribution in [2.75, 3.05) is 12.0 Å². The molecular formula is C20H18N2O5S. The van der Waals surface area contributed by atoms with Crippen molar-refractivity contribution in [3.8, 4) is 11.5 Å². The van der Waals surface area contributed by atoms with E-state index in [0.29, 0.717) is 22.3 Å². The van der Waals surface area contributed by atoms with Crippen molar-refractivity contribution in [3.05, 3.63) is 65.2 Å². The lowest BCUT2D eigenvalue weighted by atomic mass is 10.2. The molecule has 0 fully saturated rings. The highest BCUT2D eigenvalue weighted by molar-refractivity contribution is 7.14. The van der Waals surface area contributed by atoms with Gasteiger partial charge >= 0.3 is 5.97 Å². The number of nitrogens with zero attached hydrogens (tertiary/aromatic N) is 2. The van der Waals surface area contributed by atoms with Gasteiger partial charge in [-0.05, 0) is 30.3 Å². The monoisotopic (exact) mass is 398 g/mol. The van der Waals surface area contributed by atoms with Crippen LogP contribution in [0.15, 0.2) is 53.9 Å². The fourth-order valence-electron chi connectivity index (χ4n) is 2.54. The second-order valence-electron chi connectivity index (χ2n) is 5.77. The molecule has 0 unspecified atom stereocenters. The zero-order valence-corrected chi connectivity index (χ0v) is 16.1. The number of carbonyl (C=O) groups is 2. The summed E-state index contributed by atoms with van der Waals surface area (Å²) in [6.45, 7) is 1.39. The minimum atomic E-state index is -0.571. The molecule has 1 aromatic heterocycles. The summed E-state index contributed by atoms with van der Waals surface area (Å²) in [6.07, 6.45) is 0. The number of ether oxygens (including phenoxy) is 2. The van der Waals surface area contributed by atoms with Crippen molar-refractivity contribution >= 4 is 34.0 Å². The number of rotatable bonds is 6. The van der Waals surface area contributed by atoms with Crippen LogP contribution < -0.4 is 9.64 Å². The van der Waals surface area contributed by atoms with Gasteiger partial charge in [0.25, 0.3) is 0 Å². The maximum atomic E-state index is 12.2. The highest BCUT2D eigenvalue weighted by Gasteiger charge is 2.21. The number of phenolic OH excluding ortho intramolecular Hbond substituents is 1. The summed E-state index contributed by atoms with van der Waals surface area (Å²) in [5, 5.41) is 11.6. The maximum absolute atomic E-state index is 12.2. The number of esters is 1. The number of aromatic nitrogens is 1. The lowest BCUT2D eigenvalue weighted by Crippen LogP contribution is -2.23. The lowest BCUT2D eigenvalue weighted by Gasteiger charge is -2.20. The van der Waals surface area contributed by atoms with Crippen molar-refractivity contribution in [1.29, 1.82) is 0 Å². The van der Waals surface area contributed by atoms with E-state index in [4.69, 9.17) is 9.47 Å². The zero-order valence-electron chi connectivity index (χ0n) is 15.3. The molecule has 0 saturated heterocycles. The molecule has 0 bridgehead atoms. The fourth-order valence-corrected chi connectivity index (χ4v) is 3.41. The molecule has 2 aromatic carbocycles. The Hall–Kier alpha value is -3.39. The number of anilines is 2.